The van der Waals surface area contributed by atoms with Crippen molar-refractivity contribution < 1.29 is 14.4 Å². The second kappa shape index (κ2) is 1.35. The minimum Gasteiger partial charge on any atom is -0.382 e. The van der Waals surface area contributed by atoms with Crippen LogP contribution in [0.25, 0.3) is 0 Å². The van der Waals surface area contributed by atoms with Gasteiger partial charge in [-0.1, -0.05) is 0 Å². The summed E-state index contributed by atoms with van der Waals surface area (Å²) in [6.07, 6.45) is 0. The van der Waals surface area contributed by atoms with Gasteiger partial charge in [-0.25, -0.2) is 0 Å². The number of rotatable bonds is 0. The highest BCUT2D eigenvalue weighted by molar-refractivity contribution is 9.25. The molecule has 3 nitrogen and oxygen atoms in total. The summed E-state index contributed by atoms with van der Waals surface area (Å²) >= 11 is 2.18. The number of hydrogen-bond donors (Lipinski definition) is 3. The van der Waals surface area contributed by atoms with Crippen molar-refractivity contribution in [3.63, 3.8) is 0 Å². The smallest absolute Gasteiger partial charge is 0.382 e. The number of hydrogen-bond acceptors (Lipinski definition) is 3. The molecule has 0 heterocycles. The first-order valence-corrected chi connectivity index (χ1v) is 4.96. The summed E-state index contributed by atoms with van der Waals surface area (Å²) in [4.78, 5) is 23.1. The molecule has 0 atom stereocenters. The van der Waals surface area contributed by atoms with Gasteiger partial charge >= 0.3 is 7.42 Å². The molecule has 0 amide bonds. The Morgan fingerprint density at radius 3 is 1.20 bits per heavy atom. The highest BCUT2D eigenvalue weighted by Gasteiger charge is 2.19. The Kier molecular flexibility index (Phi) is 1.51. The lowest BCUT2D eigenvalue weighted by Crippen LogP contribution is -2.24. The van der Waals surface area contributed by atoms with Crippen LogP contribution in [0.5, 0.6) is 0 Å². The molecule has 3 N–H and O–H groups in total. The Balaban J connectivity index is 3.02. The zero-order valence-electron chi connectivity index (χ0n) is 2.22. The SMILES string of the molecule is O[Si](O)(O)Br. The van der Waals surface area contributed by atoms with E-state index in [0.29, 0.717) is 0 Å². The Labute approximate surface area is 37.8 Å². The summed E-state index contributed by atoms with van der Waals surface area (Å²) in [5.74, 6) is 0. The highest BCUT2D eigenvalue weighted by atomic mass is 79.9. The standard InChI is InChI=1S/BrH3O3Si/c1-5(2,3)4/h2-4H. The van der Waals surface area contributed by atoms with Gasteiger partial charge in [0.05, 0.1) is 0 Å². The molecule has 0 unspecified atom stereocenters. The van der Waals surface area contributed by atoms with Gasteiger partial charge in [0.2, 0.25) is 0 Å². The van der Waals surface area contributed by atoms with Gasteiger partial charge in [-0.2, -0.15) is 0 Å². The monoisotopic (exact) mass is 158 g/mol. The highest BCUT2D eigenvalue weighted by Crippen LogP contribution is 1.92. The molecule has 0 bridgehead atoms. The van der Waals surface area contributed by atoms with E-state index in [1.807, 2.05) is 0 Å². The van der Waals surface area contributed by atoms with Crippen LogP contribution in [0.15, 0.2) is 0 Å². The normalized spacial score (nSPS) is 12.0. The molecule has 32 valence electrons. The minimum atomic E-state index is -3.80. The summed E-state index contributed by atoms with van der Waals surface area (Å²) in [6, 6.07) is 0. The van der Waals surface area contributed by atoms with Gasteiger partial charge in [0.25, 0.3) is 0 Å². The van der Waals surface area contributed by atoms with Crippen molar-refractivity contribution in [3.8, 4) is 0 Å². The fourth-order valence-corrected chi connectivity index (χ4v) is 0. The molecular weight excluding hydrogens is 156 g/mol. The van der Waals surface area contributed by atoms with E-state index in [9.17, 15) is 0 Å². The van der Waals surface area contributed by atoms with Gasteiger partial charge in [0.15, 0.2) is 0 Å². The average Bonchev–Trinajstić information content (AvgIpc) is 0.722. The van der Waals surface area contributed by atoms with Crippen LogP contribution in [-0.4, -0.2) is 21.8 Å². The van der Waals surface area contributed by atoms with Crippen LogP contribution in [0.4, 0.5) is 0 Å². The molecule has 0 spiro atoms. The van der Waals surface area contributed by atoms with Crippen LogP contribution in [0.1, 0.15) is 0 Å². The third kappa shape index (κ3) is 91.3. The van der Waals surface area contributed by atoms with Gasteiger partial charge in [-0.3, -0.25) is 0 Å². The lowest BCUT2D eigenvalue weighted by molar-refractivity contribution is 0.267. The third-order valence-corrected chi connectivity index (χ3v) is 0. The lowest BCUT2D eigenvalue weighted by atomic mass is 15.8. The van der Waals surface area contributed by atoms with Crippen molar-refractivity contribution in [3.05, 3.63) is 0 Å². The van der Waals surface area contributed by atoms with Gasteiger partial charge < -0.3 is 14.4 Å². The quantitative estimate of drug-likeness (QED) is 0.307. The van der Waals surface area contributed by atoms with Gasteiger partial charge in [-0.05, 0) is 15.3 Å². The molecular formula is H3BrO3Si. The Morgan fingerprint density at radius 1 is 1.20 bits per heavy atom. The van der Waals surface area contributed by atoms with E-state index in [4.69, 9.17) is 14.4 Å². The fourth-order valence-electron chi connectivity index (χ4n) is 0. The van der Waals surface area contributed by atoms with Crippen molar-refractivity contribution in [2.45, 2.75) is 0 Å². The summed E-state index contributed by atoms with van der Waals surface area (Å²) in [5.41, 5.74) is 0. The van der Waals surface area contributed by atoms with E-state index in [-0.39, 0.29) is 0 Å². The van der Waals surface area contributed by atoms with E-state index in [1.54, 1.807) is 0 Å². The van der Waals surface area contributed by atoms with Gasteiger partial charge in [-0.15, -0.1) is 0 Å². The molecule has 0 radical (unpaired) electrons. The average molecular weight is 159 g/mol. The van der Waals surface area contributed by atoms with Crippen LogP contribution in [0, 0.1) is 0 Å². The first-order chi connectivity index (χ1) is 2.00. The van der Waals surface area contributed by atoms with E-state index < -0.39 is 7.42 Å². The largest absolute Gasteiger partial charge is 0.572 e. The fraction of sp³-hybridized carbons (Fsp3) is 0. The Morgan fingerprint density at radius 2 is 1.20 bits per heavy atom. The summed E-state index contributed by atoms with van der Waals surface area (Å²) in [7, 11) is -3.80. The lowest BCUT2D eigenvalue weighted by Gasteiger charge is -1.91. The second-order valence-corrected chi connectivity index (χ2v) is 4.85. The molecule has 0 aliphatic heterocycles. The van der Waals surface area contributed by atoms with Crippen LogP contribution in [0.3, 0.4) is 0 Å². The maximum absolute atomic E-state index is 7.69. The first-order valence-electron chi connectivity index (χ1n) is 0.860. The Hall–Kier alpha value is 0.577. The molecule has 0 aromatic heterocycles. The summed E-state index contributed by atoms with van der Waals surface area (Å²) in [5, 5.41) is 0. The van der Waals surface area contributed by atoms with Crippen LogP contribution < -0.4 is 0 Å². The van der Waals surface area contributed by atoms with Crippen molar-refractivity contribution in [1.29, 1.82) is 0 Å². The van der Waals surface area contributed by atoms with Crippen molar-refractivity contribution in [2.24, 2.45) is 0 Å². The van der Waals surface area contributed by atoms with E-state index in [0.717, 1.165) is 0 Å². The molecule has 0 aromatic rings. The molecule has 0 aliphatic carbocycles. The zero-order chi connectivity index (χ0) is 4.50. The van der Waals surface area contributed by atoms with E-state index in [2.05, 4.69) is 15.3 Å². The molecule has 0 saturated carbocycles. The second-order valence-electron chi connectivity index (χ2n) is 0.554. The molecule has 0 aliphatic rings. The van der Waals surface area contributed by atoms with Crippen molar-refractivity contribution >= 4 is 22.7 Å². The maximum Gasteiger partial charge on any atom is 0.572 e. The van der Waals surface area contributed by atoms with Crippen molar-refractivity contribution in [1.82, 2.24) is 0 Å². The summed E-state index contributed by atoms with van der Waals surface area (Å²) in [6.45, 7) is 0. The van der Waals surface area contributed by atoms with Crippen LogP contribution >= 0.6 is 15.3 Å². The minimum absolute atomic E-state index is 2.18. The topological polar surface area (TPSA) is 60.7 Å². The maximum atomic E-state index is 7.69. The van der Waals surface area contributed by atoms with Crippen molar-refractivity contribution in [2.75, 3.05) is 0 Å². The molecule has 0 fully saturated rings. The van der Waals surface area contributed by atoms with E-state index >= 15 is 0 Å². The molecule has 5 heavy (non-hydrogen) atoms. The van der Waals surface area contributed by atoms with Gasteiger partial charge in [0.1, 0.15) is 0 Å². The molecule has 0 rings (SSSR count). The molecule has 5 heteroatoms. The Bertz CT molecular complexity index is 22.4. The van der Waals surface area contributed by atoms with Crippen LogP contribution in [0.2, 0.25) is 0 Å². The zero-order valence-corrected chi connectivity index (χ0v) is 4.81. The third-order valence-electron chi connectivity index (χ3n) is 0. The molecule has 0 saturated heterocycles. The molecule has 0 aromatic carbocycles. The summed E-state index contributed by atoms with van der Waals surface area (Å²) < 4.78 is 0. The predicted octanol–water partition coefficient (Wildman–Crippen LogP) is -1.21. The van der Waals surface area contributed by atoms with E-state index in [1.165, 1.54) is 0 Å². The predicted molar refractivity (Wildman–Crippen MR) is 21.3 cm³/mol. The van der Waals surface area contributed by atoms with Gasteiger partial charge in [0, 0.05) is 0 Å². The number of halogens is 1. The first kappa shape index (κ1) is 5.58. The van der Waals surface area contributed by atoms with Crippen LogP contribution in [-0.2, 0) is 0 Å².